The van der Waals surface area contributed by atoms with Crippen LogP contribution in [0.3, 0.4) is 0 Å². The van der Waals surface area contributed by atoms with Crippen LogP contribution >= 0.6 is 0 Å². The molecule has 0 bridgehead atoms. The van der Waals surface area contributed by atoms with Gasteiger partial charge in [0.2, 0.25) is 0 Å². The first-order valence-electron chi connectivity index (χ1n) is 8.38. The maximum Gasteiger partial charge on any atom is 0.435 e. The highest BCUT2D eigenvalue weighted by atomic mass is 19.4. The smallest absolute Gasteiger partial charge is 0.352 e. The van der Waals surface area contributed by atoms with E-state index in [4.69, 9.17) is 0 Å². The van der Waals surface area contributed by atoms with E-state index in [1.807, 2.05) is 0 Å². The van der Waals surface area contributed by atoms with Crippen molar-refractivity contribution in [3.63, 3.8) is 0 Å². The molecule has 24 heavy (non-hydrogen) atoms. The van der Waals surface area contributed by atoms with Gasteiger partial charge in [0.15, 0.2) is 11.7 Å². The molecule has 1 aromatic heterocycles. The minimum absolute atomic E-state index is 0.0683. The van der Waals surface area contributed by atoms with Crippen LogP contribution in [-0.2, 0) is 19.8 Å². The Kier molecular flexibility index (Phi) is 4.48. The summed E-state index contributed by atoms with van der Waals surface area (Å²) in [5.41, 5.74) is -0.300. The molecule has 5 nitrogen and oxygen atoms in total. The third-order valence-electron chi connectivity index (χ3n) is 5.22. The average Bonchev–Trinajstić information content (AvgIpc) is 3.22. The van der Waals surface area contributed by atoms with Crippen LogP contribution in [0.2, 0.25) is 0 Å². The Labute approximate surface area is 139 Å². The van der Waals surface area contributed by atoms with Gasteiger partial charge >= 0.3 is 6.18 Å². The number of alkyl halides is 3. The second-order valence-corrected chi connectivity index (χ2v) is 6.95. The first kappa shape index (κ1) is 17.1. The zero-order chi connectivity index (χ0) is 17.4. The molecule has 2 aliphatic rings. The average molecular weight is 343 g/mol. The number of nitrogens with one attached hydrogen (secondary N) is 1. The maximum absolute atomic E-state index is 13.0. The lowest BCUT2D eigenvalue weighted by atomic mass is 9.86. The molecular weight excluding hydrogens is 319 g/mol. The largest absolute Gasteiger partial charge is 0.435 e. The number of likely N-dealkylation sites (tertiary alicyclic amines) is 1. The van der Waals surface area contributed by atoms with Crippen molar-refractivity contribution in [2.24, 2.45) is 17.5 Å². The molecule has 1 N–H and O–H groups in total. The number of aliphatic imine (C=N–C) groups is 1. The highest BCUT2D eigenvalue weighted by Gasteiger charge is 2.41. The molecule has 0 amide bonds. The molecule has 0 atom stereocenters. The van der Waals surface area contributed by atoms with Crippen LogP contribution in [0, 0.1) is 5.41 Å². The van der Waals surface area contributed by atoms with Crippen molar-refractivity contribution < 1.29 is 13.2 Å². The Balaban J connectivity index is 1.65. The third-order valence-corrected chi connectivity index (χ3v) is 5.22. The molecule has 8 heteroatoms. The zero-order valence-electron chi connectivity index (χ0n) is 14.2. The van der Waals surface area contributed by atoms with Crippen molar-refractivity contribution in [2.45, 2.75) is 44.8 Å². The molecule has 1 aliphatic heterocycles. The van der Waals surface area contributed by atoms with E-state index in [0.29, 0.717) is 11.4 Å². The van der Waals surface area contributed by atoms with Gasteiger partial charge < -0.3 is 10.2 Å². The summed E-state index contributed by atoms with van der Waals surface area (Å²) in [6, 6.07) is 0. The van der Waals surface area contributed by atoms with Crippen LogP contribution in [0.25, 0.3) is 0 Å². The lowest BCUT2D eigenvalue weighted by Crippen LogP contribution is -2.40. The molecule has 1 aliphatic carbocycles. The highest BCUT2D eigenvalue weighted by molar-refractivity contribution is 5.80. The van der Waals surface area contributed by atoms with E-state index in [1.165, 1.54) is 43.6 Å². The molecule has 2 heterocycles. The van der Waals surface area contributed by atoms with Gasteiger partial charge in [0.25, 0.3) is 0 Å². The Morgan fingerprint density at radius 2 is 2.04 bits per heavy atom. The molecule has 1 aromatic rings. The Morgan fingerprint density at radius 1 is 1.33 bits per heavy atom. The number of rotatable bonds is 2. The van der Waals surface area contributed by atoms with Crippen LogP contribution in [0.15, 0.2) is 11.2 Å². The maximum atomic E-state index is 13.0. The van der Waals surface area contributed by atoms with Gasteiger partial charge in [0, 0.05) is 45.5 Å². The van der Waals surface area contributed by atoms with Crippen molar-refractivity contribution >= 4 is 5.96 Å². The summed E-state index contributed by atoms with van der Waals surface area (Å²) in [6.07, 6.45) is 3.18. The molecule has 1 saturated carbocycles. The molecule has 3 rings (SSSR count). The van der Waals surface area contributed by atoms with Gasteiger partial charge in [-0.05, 0) is 24.7 Å². The normalized spacial score (nSPS) is 21.0. The number of hydrogen-bond acceptors (Lipinski definition) is 2. The number of aryl methyl sites for hydroxylation is 1. The SMILES string of the molecule is CN=C(NCc1cn(C)nc1C(F)(F)F)N1CCC2(CCCC2)C1. The van der Waals surface area contributed by atoms with Crippen LogP contribution < -0.4 is 5.32 Å². The van der Waals surface area contributed by atoms with Crippen LogP contribution in [-0.4, -0.2) is 40.8 Å². The van der Waals surface area contributed by atoms with E-state index < -0.39 is 11.9 Å². The van der Waals surface area contributed by atoms with Gasteiger partial charge in [0.1, 0.15) is 0 Å². The topological polar surface area (TPSA) is 45.5 Å². The van der Waals surface area contributed by atoms with Gasteiger partial charge in [0.05, 0.1) is 0 Å². The third kappa shape index (κ3) is 3.37. The number of nitrogens with zero attached hydrogens (tertiary/aromatic N) is 4. The molecular formula is C16H24F3N5. The van der Waals surface area contributed by atoms with Crippen LogP contribution in [0.4, 0.5) is 13.2 Å². The lowest BCUT2D eigenvalue weighted by molar-refractivity contribution is -0.142. The molecule has 2 fully saturated rings. The number of halogens is 3. The monoisotopic (exact) mass is 343 g/mol. The molecule has 0 aromatic carbocycles. The molecule has 1 saturated heterocycles. The molecule has 1 spiro atoms. The van der Waals surface area contributed by atoms with Crippen molar-refractivity contribution in [1.29, 1.82) is 0 Å². The Bertz CT molecular complexity index is 614. The van der Waals surface area contributed by atoms with Crippen LogP contribution in [0.5, 0.6) is 0 Å². The van der Waals surface area contributed by atoms with E-state index >= 15 is 0 Å². The van der Waals surface area contributed by atoms with Crippen LogP contribution in [0.1, 0.15) is 43.4 Å². The number of aromatic nitrogens is 2. The van der Waals surface area contributed by atoms with E-state index in [9.17, 15) is 13.2 Å². The van der Waals surface area contributed by atoms with Gasteiger partial charge in [-0.15, -0.1) is 0 Å². The highest BCUT2D eigenvalue weighted by Crippen LogP contribution is 2.45. The minimum atomic E-state index is -4.44. The van der Waals surface area contributed by atoms with Crippen molar-refractivity contribution in [1.82, 2.24) is 20.0 Å². The quantitative estimate of drug-likeness (QED) is 0.663. The predicted molar refractivity (Wildman–Crippen MR) is 85.5 cm³/mol. The van der Waals surface area contributed by atoms with Crippen molar-refractivity contribution in [3.8, 4) is 0 Å². The number of hydrogen-bond donors (Lipinski definition) is 1. The standard InChI is InChI=1S/C16H24F3N5/c1-20-14(24-8-7-15(11-24)5-3-4-6-15)21-9-12-10-23(2)22-13(12)16(17,18)19/h10H,3-9,11H2,1-2H3,(H,20,21). The van der Waals surface area contributed by atoms with Gasteiger partial charge in [-0.25, -0.2) is 0 Å². The molecule has 0 unspecified atom stereocenters. The second-order valence-electron chi connectivity index (χ2n) is 6.95. The minimum Gasteiger partial charge on any atom is -0.352 e. The molecule has 134 valence electrons. The van der Waals surface area contributed by atoms with E-state index in [1.54, 1.807) is 7.05 Å². The van der Waals surface area contributed by atoms with Crippen molar-refractivity contribution in [2.75, 3.05) is 20.1 Å². The second kappa shape index (κ2) is 6.29. The zero-order valence-corrected chi connectivity index (χ0v) is 14.2. The van der Waals surface area contributed by atoms with E-state index in [-0.39, 0.29) is 12.1 Å². The summed E-state index contributed by atoms with van der Waals surface area (Å²) in [6.45, 7) is 1.93. The summed E-state index contributed by atoms with van der Waals surface area (Å²) in [5.74, 6) is 0.677. The fraction of sp³-hybridized carbons (Fsp3) is 0.750. The fourth-order valence-corrected chi connectivity index (χ4v) is 4.06. The molecule has 0 radical (unpaired) electrons. The Hall–Kier alpha value is -1.73. The lowest BCUT2D eigenvalue weighted by Gasteiger charge is -2.26. The summed E-state index contributed by atoms with van der Waals surface area (Å²) in [4.78, 5) is 6.44. The summed E-state index contributed by atoms with van der Waals surface area (Å²) in [5, 5.41) is 6.62. The van der Waals surface area contributed by atoms with Crippen molar-refractivity contribution in [3.05, 3.63) is 17.5 Å². The first-order chi connectivity index (χ1) is 11.3. The van der Waals surface area contributed by atoms with Gasteiger partial charge in [-0.2, -0.15) is 18.3 Å². The first-order valence-corrected chi connectivity index (χ1v) is 8.38. The Morgan fingerprint density at radius 3 is 2.67 bits per heavy atom. The van der Waals surface area contributed by atoms with E-state index in [2.05, 4.69) is 20.3 Å². The van der Waals surface area contributed by atoms with Gasteiger partial charge in [-0.1, -0.05) is 12.8 Å². The summed E-state index contributed by atoms with van der Waals surface area (Å²) in [7, 11) is 3.17. The van der Waals surface area contributed by atoms with Gasteiger partial charge in [-0.3, -0.25) is 9.67 Å². The van der Waals surface area contributed by atoms with E-state index in [0.717, 1.165) is 19.5 Å². The summed E-state index contributed by atoms with van der Waals surface area (Å²) < 4.78 is 40.3. The number of guanidine groups is 1. The summed E-state index contributed by atoms with van der Waals surface area (Å²) >= 11 is 0. The fourth-order valence-electron chi connectivity index (χ4n) is 4.06. The predicted octanol–water partition coefficient (Wildman–Crippen LogP) is 2.78.